The molecule has 4 N–H and O–H groups in total. The normalized spacial score (nSPS) is 11.7. The van der Waals surface area contributed by atoms with Crippen molar-refractivity contribution in [2.45, 2.75) is 6.18 Å². The summed E-state index contributed by atoms with van der Waals surface area (Å²) < 4.78 is 36.4. The van der Waals surface area contributed by atoms with E-state index in [1.807, 2.05) is 0 Å². The minimum atomic E-state index is -4.68. The van der Waals surface area contributed by atoms with Crippen LogP contribution < -0.4 is 11.5 Å². The van der Waals surface area contributed by atoms with Gasteiger partial charge in [-0.3, -0.25) is 0 Å². The Bertz CT molecular complexity index is 337. The van der Waals surface area contributed by atoms with Crippen molar-refractivity contribution in [3.05, 3.63) is 10.7 Å². The zero-order valence-electron chi connectivity index (χ0n) is 6.06. The summed E-state index contributed by atoms with van der Waals surface area (Å²) in [6.45, 7) is 0. The SMILES string of the molecule is Nc1nc(N)c(Cl)c(C(F)(F)F)n1. The first-order chi connectivity index (χ1) is 5.82. The first-order valence-electron chi connectivity index (χ1n) is 2.98. The van der Waals surface area contributed by atoms with Crippen molar-refractivity contribution in [1.82, 2.24) is 9.97 Å². The highest BCUT2D eigenvalue weighted by molar-refractivity contribution is 6.33. The van der Waals surface area contributed by atoms with E-state index in [1.54, 1.807) is 0 Å². The number of nitrogens with two attached hydrogens (primary N) is 2. The van der Waals surface area contributed by atoms with Crippen LogP contribution >= 0.6 is 11.6 Å². The highest BCUT2D eigenvalue weighted by atomic mass is 35.5. The zero-order chi connectivity index (χ0) is 10.2. The summed E-state index contributed by atoms with van der Waals surface area (Å²) in [5, 5.41) is -0.735. The van der Waals surface area contributed by atoms with E-state index in [-0.39, 0.29) is 0 Å². The Morgan fingerprint density at radius 1 is 1.15 bits per heavy atom. The van der Waals surface area contributed by atoms with Crippen LogP contribution in [-0.2, 0) is 6.18 Å². The van der Waals surface area contributed by atoms with Crippen molar-refractivity contribution in [2.24, 2.45) is 0 Å². The lowest BCUT2D eigenvalue weighted by Crippen LogP contribution is -2.13. The first kappa shape index (κ1) is 9.85. The van der Waals surface area contributed by atoms with Gasteiger partial charge < -0.3 is 11.5 Å². The van der Waals surface area contributed by atoms with Gasteiger partial charge in [0, 0.05) is 0 Å². The third-order valence-corrected chi connectivity index (χ3v) is 1.54. The molecule has 1 aromatic heterocycles. The lowest BCUT2D eigenvalue weighted by molar-refractivity contribution is -0.141. The minimum Gasteiger partial charge on any atom is -0.382 e. The second-order valence-corrected chi connectivity index (χ2v) is 2.51. The molecule has 0 fully saturated rings. The van der Waals surface area contributed by atoms with Gasteiger partial charge in [0.2, 0.25) is 5.95 Å². The highest BCUT2D eigenvalue weighted by Crippen LogP contribution is 2.35. The van der Waals surface area contributed by atoms with Crippen molar-refractivity contribution < 1.29 is 13.2 Å². The number of nitrogens with zero attached hydrogens (tertiary/aromatic N) is 2. The van der Waals surface area contributed by atoms with Gasteiger partial charge in [-0.2, -0.15) is 18.2 Å². The Morgan fingerprint density at radius 2 is 1.69 bits per heavy atom. The van der Waals surface area contributed by atoms with Crippen LogP contribution in [0.2, 0.25) is 5.02 Å². The fourth-order valence-corrected chi connectivity index (χ4v) is 0.862. The third kappa shape index (κ3) is 1.92. The molecule has 0 aromatic carbocycles. The van der Waals surface area contributed by atoms with Crippen molar-refractivity contribution >= 4 is 23.4 Å². The van der Waals surface area contributed by atoms with E-state index in [4.69, 9.17) is 23.1 Å². The Morgan fingerprint density at radius 3 is 2.15 bits per heavy atom. The van der Waals surface area contributed by atoms with Crippen molar-refractivity contribution in [3.8, 4) is 0 Å². The van der Waals surface area contributed by atoms with Gasteiger partial charge in [-0.05, 0) is 0 Å². The molecular weight excluding hydrogens is 209 g/mol. The average Bonchev–Trinajstić information content (AvgIpc) is 1.94. The third-order valence-electron chi connectivity index (χ3n) is 1.16. The number of anilines is 2. The van der Waals surface area contributed by atoms with Crippen molar-refractivity contribution in [3.63, 3.8) is 0 Å². The standard InChI is InChI=1S/C5H4ClF3N4/c6-1-2(5(7,8)9)12-4(11)13-3(1)10/h(H4,10,11,12,13). The number of nitrogen functional groups attached to an aromatic ring is 2. The van der Waals surface area contributed by atoms with Crippen LogP contribution in [-0.4, -0.2) is 9.97 Å². The summed E-state index contributed by atoms with van der Waals surface area (Å²) >= 11 is 5.22. The average molecular weight is 213 g/mol. The van der Waals surface area contributed by atoms with Crippen LogP contribution in [0.15, 0.2) is 0 Å². The molecule has 4 nitrogen and oxygen atoms in total. The summed E-state index contributed by atoms with van der Waals surface area (Å²) in [4.78, 5) is 6.19. The van der Waals surface area contributed by atoms with Gasteiger partial charge in [0.25, 0.3) is 0 Å². The van der Waals surface area contributed by atoms with Crippen molar-refractivity contribution in [2.75, 3.05) is 11.5 Å². The zero-order valence-corrected chi connectivity index (χ0v) is 6.82. The van der Waals surface area contributed by atoms with Crippen LogP contribution in [0.4, 0.5) is 24.9 Å². The molecular formula is C5H4ClF3N4. The van der Waals surface area contributed by atoms with Crippen LogP contribution in [0.1, 0.15) is 5.69 Å². The molecule has 72 valence electrons. The minimum absolute atomic E-state index is 0.485. The van der Waals surface area contributed by atoms with E-state index in [9.17, 15) is 13.2 Å². The maximum Gasteiger partial charge on any atom is 0.435 e. The molecule has 8 heteroatoms. The summed E-state index contributed by atoms with van der Waals surface area (Å²) in [7, 11) is 0. The molecule has 0 saturated carbocycles. The van der Waals surface area contributed by atoms with E-state index < -0.39 is 28.7 Å². The molecule has 1 aromatic rings. The summed E-state index contributed by atoms with van der Waals surface area (Å²) in [5.41, 5.74) is 8.70. The molecule has 0 saturated heterocycles. The van der Waals surface area contributed by atoms with E-state index in [0.717, 1.165) is 0 Å². The lowest BCUT2D eigenvalue weighted by Gasteiger charge is -2.08. The van der Waals surface area contributed by atoms with E-state index in [1.165, 1.54) is 0 Å². The second kappa shape index (κ2) is 2.91. The second-order valence-electron chi connectivity index (χ2n) is 2.13. The number of hydrogen-bond donors (Lipinski definition) is 2. The number of halogens is 4. The van der Waals surface area contributed by atoms with Gasteiger partial charge in [-0.1, -0.05) is 11.6 Å². The predicted molar refractivity (Wildman–Crippen MR) is 40.9 cm³/mol. The van der Waals surface area contributed by atoms with Gasteiger partial charge in [-0.15, -0.1) is 0 Å². The fourth-order valence-electron chi connectivity index (χ4n) is 0.670. The molecule has 0 aliphatic carbocycles. The largest absolute Gasteiger partial charge is 0.435 e. The maximum absolute atomic E-state index is 12.1. The molecule has 0 atom stereocenters. The van der Waals surface area contributed by atoms with Gasteiger partial charge in [-0.25, -0.2) is 4.98 Å². The first-order valence-corrected chi connectivity index (χ1v) is 3.36. The van der Waals surface area contributed by atoms with Crippen LogP contribution in [0.25, 0.3) is 0 Å². The topological polar surface area (TPSA) is 77.8 Å². The molecule has 0 bridgehead atoms. The van der Waals surface area contributed by atoms with Crippen molar-refractivity contribution in [1.29, 1.82) is 0 Å². The molecule has 0 radical (unpaired) electrons. The van der Waals surface area contributed by atoms with Gasteiger partial charge in [0.05, 0.1) is 0 Å². The van der Waals surface area contributed by atoms with E-state index >= 15 is 0 Å². The Hall–Kier alpha value is -1.24. The van der Waals surface area contributed by atoms with Gasteiger partial charge in [0.1, 0.15) is 10.8 Å². The number of aromatic nitrogens is 2. The Labute approximate surface area is 75.7 Å². The summed E-state index contributed by atoms with van der Waals surface area (Å²) in [6.07, 6.45) is -4.68. The smallest absolute Gasteiger partial charge is 0.382 e. The maximum atomic E-state index is 12.1. The number of alkyl halides is 3. The van der Waals surface area contributed by atoms with Crippen LogP contribution in [0, 0.1) is 0 Å². The molecule has 0 amide bonds. The molecule has 1 rings (SSSR count). The van der Waals surface area contributed by atoms with Crippen LogP contribution in [0.3, 0.4) is 0 Å². The van der Waals surface area contributed by atoms with Gasteiger partial charge >= 0.3 is 6.18 Å². The van der Waals surface area contributed by atoms with E-state index in [2.05, 4.69) is 9.97 Å². The lowest BCUT2D eigenvalue weighted by atomic mass is 10.4. The number of rotatable bonds is 0. The highest BCUT2D eigenvalue weighted by Gasteiger charge is 2.36. The quantitative estimate of drug-likeness (QED) is 0.680. The summed E-state index contributed by atoms with van der Waals surface area (Å²) in [6, 6.07) is 0. The Balaban J connectivity index is 3.37. The molecule has 0 unspecified atom stereocenters. The summed E-state index contributed by atoms with van der Waals surface area (Å²) in [5.74, 6) is -1.05. The van der Waals surface area contributed by atoms with Gasteiger partial charge in [0.15, 0.2) is 5.69 Å². The molecule has 13 heavy (non-hydrogen) atoms. The van der Waals surface area contributed by atoms with E-state index in [0.29, 0.717) is 0 Å². The number of hydrogen-bond acceptors (Lipinski definition) is 4. The fraction of sp³-hybridized carbons (Fsp3) is 0.200. The monoisotopic (exact) mass is 212 g/mol. The predicted octanol–water partition coefficient (Wildman–Crippen LogP) is 1.31. The Kier molecular flexibility index (Phi) is 2.21. The molecule has 0 aliphatic rings. The molecule has 1 heterocycles. The molecule has 0 spiro atoms. The molecule has 0 aliphatic heterocycles. The van der Waals surface area contributed by atoms with Crippen LogP contribution in [0.5, 0.6) is 0 Å².